The standard InChI is InChI=1S/C15H23N5O/c1-7-20-9-13(10(2)17-20)8-18(5)15(21)14-11(3)16-19(6)12(14)4/h9H,7-8H2,1-6H3. The van der Waals surface area contributed by atoms with Gasteiger partial charge in [-0.25, -0.2) is 0 Å². The van der Waals surface area contributed by atoms with Gasteiger partial charge in [0.25, 0.3) is 5.91 Å². The Kier molecular flexibility index (Phi) is 4.16. The van der Waals surface area contributed by atoms with Crippen molar-refractivity contribution >= 4 is 5.91 Å². The van der Waals surface area contributed by atoms with E-state index in [0.717, 1.165) is 29.2 Å². The molecule has 0 aliphatic rings. The molecule has 0 unspecified atom stereocenters. The van der Waals surface area contributed by atoms with Crippen LogP contribution in [0.2, 0.25) is 0 Å². The molecule has 21 heavy (non-hydrogen) atoms. The number of hydrogen-bond acceptors (Lipinski definition) is 3. The highest BCUT2D eigenvalue weighted by Crippen LogP contribution is 2.16. The monoisotopic (exact) mass is 289 g/mol. The van der Waals surface area contributed by atoms with Gasteiger partial charge in [-0.2, -0.15) is 10.2 Å². The number of aryl methyl sites for hydroxylation is 4. The van der Waals surface area contributed by atoms with E-state index in [9.17, 15) is 4.79 Å². The summed E-state index contributed by atoms with van der Waals surface area (Å²) >= 11 is 0. The molecule has 0 spiro atoms. The van der Waals surface area contributed by atoms with Gasteiger partial charge in [-0.1, -0.05) is 0 Å². The van der Waals surface area contributed by atoms with Crippen molar-refractivity contribution in [2.45, 2.75) is 40.8 Å². The van der Waals surface area contributed by atoms with Crippen molar-refractivity contribution in [1.82, 2.24) is 24.5 Å². The molecule has 114 valence electrons. The van der Waals surface area contributed by atoms with Crippen molar-refractivity contribution in [3.63, 3.8) is 0 Å². The molecule has 0 atom stereocenters. The maximum Gasteiger partial charge on any atom is 0.257 e. The lowest BCUT2D eigenvalue weighted by Crippen LogP contribution is -2.27. The minimum atomic E-state index is 0.00162. The smallest absolute Gasteiger partial charge is 0.257 e. The van der Waals surface area contributed by atoms with Gasteiger partial charge in [0, 0.05) is 44.6 Å². The second-order valence-electron chi connectivity index (χ2n) is 5.43. The van der Waals surface area contributed by atoms with Crippen molar-refractivity contribution in [3.8, 4) is 0 Å². The Morgan fingerprint density at radius 1 is 1.24 bits per heavy atom. The zero-order chi connectivity index (χ0) is 15.7. The van der Waals surface area contributed by atoms with Crippen LogP contribution >= 0.6 is 0 Å². The van der Waals surface area contributed by atoms with Crippen molar-refractivity contribution in [2.24, 2.45) is 7.05 Å². The topological polar surface area (TPSA) is 56.0 Å². The number of carbonyl (C=O) groups excluding carboxylic acids is 1. The third kappa shape index (κ3) is 2.84. The van der Waals surface area contributed by atoms with Gasteiger partial charge < -0.3 is 4.90 Å². The van der Waals surface area contributed by atoms with Crippen LogP contribution in [0.25, 0.3) is 0 Å². The average molecular weight is 289 g/mol. The first-order valence-electron chi connectivity index (χ1n) is 7.13. The van der Waals surface area contributed by atoms with Gasteiger partial charge in [-0.3, -0.25) is 14.2 Å². The Labute approximate surface area is 125 Å². The summed E-state index contributed by atoms with van der Waals surface area (Å²) in [7, 11) is 3.67. The first-order valence-corrected chi connectivity index (χ1v) is 7.13. The highest BCUT2D eigenvalue weighted by molar-refractivity contribution is 5.96. The zero-order valence-corrected chi connectivity index (χ0v) is 13.6. The summed E-state index contributed by atoms with van der Waals surface area (Å²) in [6.45, 7) is 9.20. The Hall–Kier alpha value is -2.11. The van der Waals surface area contributed by atoms with Gasteiger partial charge in [0.1, 0.15) is 0 Å². The van der Waals surface area contributed by atoms with E-state index in [1.54, 1.807) is 9.58 Å². The molecular weight excluding hydrogens is 266 g/mol. The highest BCUT2D eigenvalue weighted by atomic mass is 16.2. The molecule has 2 heterocycles. The van der Waals surface area contributed by atoms with Gasteiger partial charge in [-0.15, -0.1) is 0 Å². The minimum absolute atomic E-state index is 0.00162. The first kappa shape index (κ1) is 15.3. The molecule has 0 bridgehead atoms. The second-order valence-corrected chi connectivity index (χ2v) is 5.43. The molecule has 2 aromatic heterocycles. The molecule has 0 saturated heterocycles. The Morgan fingerprint density at radius 3 is 2.38 bits per heavy atom. The molecule has 0 radical (unpaired) electrons. The molecule has 0 aromatic carbocycles. The number of amides is 1. The van der Waals surface area contributed by atoms with E-state index < -0.39 is 0 Å². The Balaban J connectivity index is 2.21. The minimum Gasteiger partial charge on any atom is -0.337 e. The fraction of sp³-hybridized carbons (Fsp3) is 0.533. The van der Waals surface area contributed by atoms with Crippen LogP contribution in [0.15, 0.2) is 6.20 Å². The molecule has 0 saturated carbocycles. The molecule has 0 N–H and O–H groups in total. The van der Waals surface area contributed by atoms with E-state index in [2.05, 4.69) is 10.2 Å². The fourth-order valence-electron chi connectivity index (χ4n) is 2.48. The van der Waals surface area contributed by atoms with Crippen molar-refractivity contribution in [2.75, 3.05) is 7.05 Å². The van der Waals surface area contributed by atoms with Gasteiger partial charge in [0.05, 0.1) is 17.0 Å². The van der Waals surface area contributed by atoms with Gasteiger partial charge in [-0.05, 0) is 27.7 Å². The van der Waals surface area contributed by atoms with Crippen LogP contribution in [-0.4, -0.2) is 37.4 Å². The fourth-order valence-corrected chi connectivity index (χ4v) is 2.48. The molecule has 0 fully saturated rings. The third-order valence-corrected chi connectivity index (χ3v) is 3.85. The van der Waals surface area contributed by atoms with Crippen LogP contribution < -0.4 is 0 Å². The van der Waals surface area contributed by atoms with Crippen LogP contribution in [0, 0.1) is 20.8 Å². The van der Waals surface area contributed by atoms with Crippen molar-refractivity contribution in [3.05, 3.63) is 34.4 Å². The number of aromatic nitrogens is 4. The van der Waals surface area contributed by atoms with Crippen molar-refractivity contribution in [1.29, 1.82) is 0 Å². The van der Waals surface area contributed by atoms with E-state index in [1.807, 2.05) is 52.7 Å². The van der Waals surface area contributed by atoms with Crippen LogP contribution in [0.3, 0.4) is 0 Å². The number of rotatable bonds is 4. The van der Waals surface area contributed by atoms with E-state index >= 15 is 0 Å². The lowest BCUT2D eigenvalue weighted by Gasteiger charge is -2.17. The highest BCUT2D eigenvalue weighted by Gasteiger charge is 2.21. The van der Waals surface area contributed by atoms with Crippen LogP contribution in [0.4, 0.5) is 0 Å². The predicted molar refractivity (Wildman–Crippen MR) is 81.1 cm³/mol. The Bertz CT molecular complexity index is 668. The van der Waals surface area contributed by atoms with Gasteiger partial charge in [0.2, 0.25) is 0 Å². The second kappa shape index (κ2) is 5.71. The van der Waals surface area contributed by atoms with E-state index in [-0.39, 0.29) is 5.91 Å². The number of carbonyl (C=O) groups is 1. The maximum absolute atomic E-state index is 12.6. The van der Waals surface area contributed by atoms with E-state index in [4.69, 9.17) is 0 Å². The lowest BCUT2D eigenvalue weighted by molar-refractivity contribution is 0.0783. The normalized spacial score (nSPS) is 11.0. The summed E-state index contributed by atoms with van der Waals surface area (Å²) in [5.41, 5.74) is 4.40. The van der Waals surface area contributed by atoms with E-state index in [1.165, 1.54) is 0 Å². The zero-order valence-electron chi connectivity index (χ0n) is 13.6. The SMILES string of the molecule is CCn1cc(CN(C)C(=O)c2c(C)nn(C)c2C)c(C)n1. The Morgan fingerprint density at radius 2 is 1.90 bits per heavy atom. The molecule has 1 amide bonds. The molecule has 2 rings (SSSR count). The molecule has 0 aliphatic carbocycles. The summed E-state index contributed by atoms with van der Waals surface area (Å²) in [5.74, 6) is 0.00162. The third-order valence-electron chi connectivity index (χ3n) is 3.85. The van der Waals surface area contributed by atoms with E-state index in [0.29, 0.717) is 12.1 Å². The van der Waals surface area contributed by atoms with Crippen LogP contribution in [0.5, 0.6) is 0 Å². The van der Waals surface area contributed by atoms with Crippen LogP contribution in [0.1, 0.15) is 39.9 Å². The molecule has 0 aliphatic heterocycles. The molecular formula is C15H23N5O. The molecule has 2 aromatic rings. The molecule has 6 heteroatoms. The largest absolute Gasteiger partial charge is 0.337 e. The van der Waals surface area contributed by atoms with Gasteiger partial charge >= 0.3 is 0 Å². The lowest BCUT2D eigenvalue weighted by atomic mass is 10.1. The maximum atomic E-state index is 12.6. The average Bonchev–Trinajstić information content (AvgIpc) is 2.90. The number of nitrogens with zero attached hydrogens (tertiary/aromatic N) is 5. The summed E-state index contributed by atoms with van der Waals surface area (Å²) in [6, 6.07) is 0. The van der Waals surface area contributed by atoms with Gasteiger partial charge in [0.15, 0.2) is 0 Å². The number of hydrogen-bond donors (Lipinski definition) is 0. The molecule has 6 nitrogen and oxygen atoms in total. The van der Waals surface area contributed by atoms with Crippen LogP contribution in [-0.2, 0) is 20.1 Å². The summed E-state index contributed by atoms with van der Waals surface area (Å²) in [4.78, 5) is 14.4. The van der Waals surface area contributed by atoms with Crippen molar-refractivity contribution < 1.29 is 4.79 Å². The summed E-state index contributed by atoms with van der Waals surface area (Å²) < 4.78 is 3.64. The first-order chi connectivity index (χ1) is 9.85. The quantitative estimate of drug-likeness (QED) is 0.863. The summed E-state index contributed by atoms with van der Waals surface area (Å²) in [5, 5.41) is 8.72. The summed E-state index contributed by atoms with van der Waals surface area (Å²) in [6.07, 6.45) is 2.00. The predicted octanol–water partition coefficient (Wildman–Crippen LogP) is 1.83.